The lowest BCUT2D eigenvalue weighted by molar-refractivity contribution is 0.0451. The molecule has 1 aromatic heterocycles. The molecule has 0 aliphatic carbocycles. The molecule has 0 bridgehead atoms. The van der Waals surface area contributed by atoms with E-state index in [0.717, 1.165) is 0 Å². The van der Waals surface area contributed by atoms with Crippen LogP contribution in [-0.2, 0) is 0 Å². The van der Waals surface area contributed by atoms with Crippen molar-refractivity contribution in [3.8, 4) is 5.75 Å². The normalized spacial score (nSPS) is 12.0. The molecule has 110 valence electrons. The highest BCUT2D eigenvalue weighted by Crippen LogP contribution is 2.37. The molecule has 0 radical (unpaired) electrons. The zero-order chi connectivity index (χ0) is 15.6. The molecule has 1 aromatic carbocycles. The molecule has 0 aliphatic rings. The number of pyridine rings is 1. The summed E-state index contributed by atoms with van der Waals surface area (Å²) >= 11 is 12.0. The van der Waals surface area contributed by atoms with E-state index in [-0.39, 0.29) is 21.4 Å². The van der Waals surface area contributed by atoms with Crippen LogP contribution in [0.2, 0.25) is 10.0 Å². The first-order chi connectivity index (χ1) is 9.91. The maximum atomic E-state index is 14.1. The van der Waals surface area contributed by atoms with Crippen molar-refractivity contribution in [2.75, 3.05) is 0 Å². The Hall–Kier alpha value is -1.65. The van der Waals surface area contributed by atoms with Crippen molar-refractivity contribution in [1.82, 2.24) is 4.98 Å². The standard InChI is InChI=1S/C15H12Cl2FNO2/c1-8-11(16)14(12(17)9(2)19-8)21-15(18)13(20)10-6-4-3-5-7-10/h3-7,15H,1-2H3. The fourth-order valence-electron chi connectivity index (χ4n) is 1.77. The topological polar surface area (TPSA) is 39.2 Å². The number of rotatable bonds is 4. The van der Waals surface area contributed by atoms with Gasteiger partial charge in [0.15, 0.2) is 5.75 Å². The number of ether oxygens (including phenoxy) is 1. The number of benzene rings is 1. The lowest BCUT2D eigenvalue weighted by Crippen LogP contribution is -2.23. The minimum Gasteiger partial charge on any atom is -0.450 e. The third-order valence-electron chi connectivity index (χ3n) is 2.86. The Labute approximate surface area is 131 Å². The highest BCUT2D eigenvalue weighted by molar-refractivity contribution is 6.37. The molecule has 0 aliphatic heterocycles. The largest absolute Gasteiger partial charge is 0.450 e. The average molecular weight is 328 g/mol. The van der Waals surface area contributed by atoms with Gasteiger partial charge in [-0.1, -0.05) is 53.5 Å². The second-order valence-electron chi connectivity index (χ2n) is 4.40. The number of alkyl halides is 1. The highest BCUT2D eigenvalue weighted by atomic mass is 35.5. The Morgan fingerprint density at radius 2 is 1.67 bits per heavy atom. The molecule has 1 heterocycles. The number of halogens is 3. The van der Waals surface area contributed by atoms with Gasteiger partial charge in [-0.15, -0.1) is 0 Å². The molecule has 0 amide bonds. The predicted molar refractivity (Wildman–Crippen MR) is 80.0 cm³/mol. The summed E-state index contributed by atoms with van der Waals surface area (Å²) in [6.07, 6.45) is -2.19. The third-order valence-corrected chi connectivity index (χ3v) is 3.75. The van der Waals surface area contributed by atoms with E-state index in [4.69, 9.17) is 27.9 Å². The van der Waals surface area contributed by atoms with Gasteiger partial charge in [0.2, 0.25) is 5.78 Å². The summed E-state index contributed by atoms with van der Waals surface area (Å²) in [7, 11) is 0. The number of aromatic nitrogens is 1. The summed E-state index contributed by atoms with van der Waals surface area (Å²) in [5.41, 5.74) is 1.11. The molecule has 0 spiro atoms. The van der Waals surface area contributed by atoms with Crippen LogP contribution in [0.4, 0.5) is 4.39 Å². The van der Waals surface area contributed by atoms with Crippen molar-refractivity contribution >= 4 is 29.0 Å². The Balaban J connectivity index is 2.28. The van der Waals surface area contributed by atoms with Crippen molar-refractivity contribution in [1.29, 1.82) is 0 Å². The smallest absolute Gasteiger partial charge is 0.301 e. The van der Waals surface area contributed by atoms with Gasteiger partial charge in [0.05, 0.1) is 11.4 Å². The van der Waals surface area contributed by atoms with Gasteiger partial charge < -0.3 is 4.74 Å². The number of ketones is 1. The van der Waals surface area contributed by atoms with E-state index < -0.39 is 12.1 Å². The number of carbonyl (C=O) groups excluding carboxylic acids is 1. The molecule has 0 saturated carbocycles. The number of aryl methyl sites for hydroxylation is 2. The second-order valence-corrected chi connectivity index (χ2v) is 5.16. The molecule has 2 aromatic rings. The van der Waals surface area contributed by atoms with Crippen molar-refractivity contribution in [3.05, 3.63) is 57.3 Å². The molecule has 1 atom stereocenters. The summed E-state index contributed by atoms with van der Waals surface area (Å²) < 4.78 is 19.1. The van der Waals surface area contributed by atoms with Crippen LogP contribution in [0.3, 0.4) is 0 Å². The molecule has 0 N–H and O–H groups in total. The minimum atomic E-state index is -2.19. The predicted octanol–water partition coefficient (Wildman–Crippen LogP) is 4.56. The van der Waals surface area contributed by atoms with Crippen molar-refractivity contribution in [2.45, 2.75) is 20.2 Å². The third kappa shape index (κ3) is 3.34. The highest BCUT2D eigenvalue weighted by Gasteiger charge is 2.24. The SMILES string of the molecule is Cc1nc(C)c(Cl)c(OC(F)C(=O)c2ccccc2)c1Cl. The maximum Gasteiger partial charge on any atom is 0.301 e. The van der Waals surface area contributed by atoms with Crippen LogP contribution in [0.5, 0.6) is 5.75 Å². The summed E-state index contributed by atoms with van der Waals surface area (Å²) in [4.78, 5) is 16.0. The van der Waals surface area contributed by atoms with Crippen LogP contribution in [0.25, 0.3) is 0 Å². The van der Waals surface area contributed by atoms with Crippen LogP contribution < -0.4 is 4.74 Å². The first kappa shape index (κ1) is 15.7. The first-order valence-electron chi connectivity index (χ1n) is 6.14. The number of Topliss-reactive ketones (excluding diaryl/α,β-unsaturated/α-hetero) is 1. The molecule has 0 saturated heterocycles. The van der Waals surface area contributed by atoms with Crippen LogP contribution in [0, 0.1) is 13.8 Å². The van der Waals surface area contributed by atoms with Crippen molar-refractivity contribution < 1.29 is 13.9 Å². The molecule has 21 heavy (non-hydrogen) atoms. The molecule has 2 rings (SSSR count). The average Bonchev–Trinajstić information content (AvgIpc) is 2.49. The Morgan fingerprint density at radius 1 is 1.14 bits per heavy atom. The molecular formula is C15H12Cl2FNO2. The van der Waals surface area contributed by atoms with E-state index >= 15 is 0 Å². The van der Waals surface area contributed by atoms with Crippen LogP contribution in [0.1, 0.15) is 21.7 Å². The molecule has 6 heteroatoms. The molecule has 1 unspecified atom stereocenters. The van der Waals surface area contributed by atoms with Gasteiger partial charge >= 0.3 is 6.36 Å². The van der Waals surface area contributed by atoms with Crippen molar-refractivity contribution in [3.63, 3.8) is 0 Å². The molecular weight excluding hydrogens is 316 g/mol. The van der Waals surface area contributed by atoms with Gasteiger partial charge in [0, 0.05) is 5.56 Å². The number of hydrogen-bond donors (Lipinski definition) is 0. The molecule has 3 nitrogen and oxygen atoms in total. The fourth-order valence-corrected chi connectivity index (χ4v) is 2.18. The summed E-state index contributed by atoms with van der Waals surface area (Å²) in [5.74, 6) is -0.866. The quantitative estimate of drug-likeness (QED) is 0.772. The Bertz CT molecular complexity index is 651. The summed E-state index contributed by atoms with van der Waals surface area (Å²) in [5, 5.41) is 0.184. The number of carbonyl (C=O) groups is 1. The van der Waals surface area contributed by atoms with Gasteiger partial charge in [0.1, 0.15) is 10.0 Å². The van der Waals surface area contributed by atoms with Gasteiger partial charge in [-0.25, -0.2) is 0 Å². The van der Waals surface area contributed by atoms with Crippen molar-refractivity contribution in [2.24, 2.45) is 0 Å². The molecule has 0 fully saturated rings. The maximum absolute atomic E-state index is 14.1. The zero-order valence-electron chi connectivity index (χ0n) is 11.4. The second kappa shape index (κ2) is 6.41. The van der Waals surface area contributed by atoms with Gasteiger partial charge in [-0.3, -0.25) is 9.78 Å². The number of hydrogen-bond acceptors (Lipinski definition) is 3. The van der Waals surface area contributed by atoms with Crippen LogP contribution in [-0.4, -0.2) is 17.1 Å². The van der Waals surface area contributed by atoms with E-state index in [1.165, 1.54) is 12.1 Å². The zero-order valence-corrected chi connectivity index (χ0v) is 12.9. The van der Waals surface area contributed by atoms with E-state index in [9.17, 15) is 9.18 Å². The Kier molecular flexibility index (Phi) is 4.80. The monoisotopic (exact) mass is 327 g/mol. The van der Waals surface area contributed by atoms with E-state index in [2.05, 4.69) is 4.98 Å². The van der Waals surface area contributed by atoms with Gasteiger partial charge in [0.25, 0.3) is 0 Å². The van der Waals surface area contributed by atoms with Crippen LogP contribution >= 0.6 is 23.2 Å². The lowest BCUT2D eigenvalue weighted by Gasteiger charge is -2.15. The minimum absolute atomic E-state index is 0.0693. The summed E-state index contributed by atoms with van der Waals surface area (Å²) in [6, 6.07) is 8.02. The van der Waals surface area contributed by atoms with Gasteiger partial charge in [-0.2, -0.15) is 4.39 Å². The van der Waals surface area contributed by atoms with Crippen LogP contribution in [0.15, 0.2) is 30.3 Å². The Morgan fingerprint density at radius 3 is 2.19 bits per heavy atom. The summed E-state index contributed by atoms with van der Waals surface area (Å²) in [6.45, 7) is 3.29. The van der Waals surface area contributed by atoms with Gasteiger partial charge in [-0.05, 0) is 13.8 Å². The number of nitrogens with zero attached hydrogens (tertiary/aromatic N) is 1. The lowest BCUT2D eigenvalue weighted by atomic mass is 10.1. The van der Waals surface area contributed by atoms with E-state index in [0.29, 0.717) is 11.4 Å². The van der Waals surface area contributed by atoms with E-state index in [1.54, 1.807) is 32.0 Å². The first-order valence-corrected chi connectivity index (χ1v) is 6.89. The van der Waals surface area contributed by atoms with E-state index in [1.807, 2.05) is 0 Å². The fraction of sp³-hybridized carbons (Fsp3) is 0.200.